The minimum atomic E-state index is -0.0524. The van der Waals surface area contributed by atoms with Crippen LogP contribution in [0, 0.1) is 0 Å². The third-order valence-corrected chi connectivity index (χ3v) is 5.15. The van der Waals surface area contributed by atoms with Gasteiger partial charge < -0.3 is 16.0 Å². The van der Waals surface area contributed by atoms with E-state index >= 15 is 0 Å². The van der Waals surface area contributed by atoms with Crippen LogP contribution in [0.4, 0.5) is 5.82 Å². The van der Waals surface area contributed by atoms with Crippen molar-refractivity contribution in [2.24, 2.45) is 10.7 Å². The van der Waals surface area contributed by atoms with Crippen LogP contribution in [0.15, 0.2) is 34.9 Å². The Labute approximate surface area is 162 Å². The molecule has 1 aliphatic heterocycles. The number of hydrogen-bond donors (Lipinski definition) is 2. The Kier molecular flexibility index (Phi) is 6.25. The van der Waals surface area contributed by atoms with Crippen LogP contribution in [0.5, 0.6) is 0 Å². The van der Waals surface area contributed by atoms with Gasteiger partial charge in [-0.3, -0.25) is 4.79 Å². The van der Waals surface area contributed by atoms with Gasteiger partial charge in [0.2, 0.25) is 0 Å². The second-order valence-electron chi connectivity index (χ2n) is 6.45. The summed E-state index contributed by atoms with van der Waals surface area (Å²) in [6, 6.07) is 3.80. The molecule has 1 atom stereocenters. The predicted molar refractivity (Wildman–Crippen MR) is 107 cm³/mol. The van der Waals surface area contributed by atoms with Gasteiger partial charge in [-0.1, -0.05) is 0 Å². The van der Waals surface area contributed by atoms with Crippen molar-refractivity contribution in [2.45, 2.75) is 32.4 Å². The molecule has 2 aromatic rings. The van der Waals surface area contributed by atoms with Gasteiger partial charge in [0, 0.05) is 48.2 Å². The van der Waals surface area contributed by atoms with E-state index in [1.54, 1.807) is 29.9 Å². The zero-order valence-electron chi connectivity index (χ0n) is 15.4. The van der Waals surface area contributed by atoms with Gasteiger partial charge in [-0.05, 0) is 38.9 Å². The number of nitrogens with two attached hydrogens (primary N) is 1. The first-order valence-electron chi connectivity index (χ1n) is 8.83. The third kappa shape index (κ3) is 4.55. The number of nitrogens with one attached hydrogen (secondary N) is 1. The van der Waals surface area contributed by atoms with Gasteiger partial charge in [0.1, 0.15) is 10.7 Å². The van der Waals surface area contributed by atoms with Gasteiger partial charge in [0.25, 0.3) is 5.91 Å². The number of hydrogen-bond acceptors (Lipinski definition) is 8. The molecule has 3 N–H and O–H groups in total. The highest BCUT2D eigenvalue weighted by atomic mass is 32.1. The number of amides is 1. The second kappa shape index (κ2) is 8.83. The summed E-state index contributed by atoms with van der Waals surface area (Å²) in [5.41, 5.74) is 6.80. The molecule has 0 saturated carbocycles. The number of allylic oxidation sites excluding steroid dienone is 1. The van der Waals surface area contributed by atoms with E-state index in [1.807, 2.05) is 18.7 Å². The van der Waals surface area contributed by atoms with E-state index in [-0.39, 0.29) is 18.0 Å². The first kappa shape index (κ1) is 19.1. The average molecular weight is 385 g/mol. The van der Waals surface area contributed by atoms with Crippen molar-refractivity contribution in [3.8, 4) is 0 Å². The van der Waals surface area contributed by atoms with Gasteiger partial charge in [-0.2, -0.15) is 5.10 Å². The molecule has 0 radical (unpaired) electrons. The summed E-state index contributed by atoms with van der Waals surface area (Å²) in [7, 11) is 0. The molecular weight excluding hydrogens is 362 g/mol. The number of thiazole rings is 1. The molecule has 0 aliphatic carbocycles. The quantitative estimate of drug-likeness (QED) is 0.735. The highest BCUT2D eigenvalue weighted by molar-refractivity contribution is 7.11. The van der Waals surface area contributed by atoms with E-state index < -0.39 is 0 Å². The molecule has 1 saturated heterocycles. The topological polar surface area (TPSA) is 109 Å². The van der Waals surface area contributed by atoms with Crippen LogP contribution in [0.3, 0.4) is 0 Å². The molecule has 3 heterocycles. The van der Waals surface area contributed by atoms with Crippen molar-refractivity contribution in [3.63, 3.8) is 0 Å². The van der Waals surface area contributed by atoms with Crippen molar-refractivity contribution >= 4 is 34.8 Å². The normalized spacial score (nSPS) is 17.7. The Bertz CT molecular complexity index is 825. The standard InChI is InChI=1S/C18H23N7OS/c1-12(2)25(14-5-7-20-10-14)18(26)15-11-27-17(23-15)13(8-19)9-21-16-4-3-6-22-24-16/h3-4,6,8-9,11-12,14,20H,5,7,10,19H2,1-2H3/b13-8+,21-9?/t14-/m1/s1. The van der Waals surface area contributed by atoms with Crippen LogP contribution in [0.1, 0.15) is 35.8 Å². The lowest BCUT2D eigenvalue weighted by Crippen LogP contribution is -2.46. The molecule has 0 unspecified atom stereocenters. The predicted octanol–water partition coefficient (Wildman–Crippen LogP) is 1.85. The molecule has 0 spiro atoms. The highest BCUT2D eigenvalue weighted by Gasteiger charge is 2.30. The van der Waals surface area contributed by atoms with Crippen molar-refractivity contribution in [3.05, 3.63) is 40.6 Å². The van der Waals surface area contributed by atoms with E-state index in [9.17, 15) is 4.79 Å². The van der Waals surface area contributed by atoms with Crippen LogP contribution in [-0.2, 0) is 0 Å². The maximum absolute atomic E-state index is 13.0. The van der Waals surface area contributed by atoms with E-state index in [0.717, 1.165) is 19.5 Å². The number of aromatic nitrogens is 3. The Morgan fingerprint density at radius 2 is 2.37 bits per heavy atom. The minimum absolute atomic E-state index is 0.0524. The Balaban J connectivity index is 1.78. The summed E-state index contributed by atoms with van der Waals surface area (Å²) in [5, 5.41) is 13.4. The number of nitrogens with zero attached hydrogens (tertiary/aromatic N) is 5. The Morgan fingerprint density at radius 3 is 3.00 bits per heavy atom. The molecule has 1 fully saturated rings. The monoisotopic (exact) mass is 385 g/mol. The maximum Gasteiger partial charge on any atom is 0.273 e. The molecule has 9 heteroatoms. The number of carbonyl (C=O) groups is 1. The fourth-order valence-electron chi connectivity index (χ4n) is 3.00. The summed E-state index contributed by atoms with van der Waals surface area (Å²) < 4.78 is 0. The van der Waals surface area contributed by atoms with Crippen molar-refractivity contribution in [1.82, 2.24) is 25.4 Å². The first-order chi connectivity index (χ1) is 13.1. The summed E-state index contributed by atoms with van der Waals surface area (Å²) >= 11 is 1.37. The average Bonchev–Trinajstić information content (AvgIpc) is 3.35. The molecule has 1 aliphatic rings. The molecule has 2 aromatic heterocycles. The van der Waals surface area contributed by atoms with E-state index in [0.29, 0.717) is 22.1 Å². The molecule has 0 aromatic carbocycles. The molecule has 0 bridgehead atoms. The van der Waals surface area contributed by atoms with Crippen molar-refractivity contribution in [2.75, 3.05) is 13.1 Å². The van der Waals surface area contributed by atoms with Gasteiger partial charge in [-0.25, -0.2) is 9.98 Å². The minimum Gasteiger partial charge on any atom is -0.404 e. The van der Waals surface area contributed by atoms with Gasteiger partial charge in [-0.15, -0.1) is 16.4 Å². The molecule has 27 heavy (non-hydrogen) atoms. The number of carbonyl (C=O) groups excluding carboxylic acids is 1. The summed E-state index contributed by atoms with van der Waals surface area (Å²) in [6.07, 6.45) is 5.55. The summed E-state index contributed by atoms with van der Waals surface area (Å²) in [6.45, 7) is 5.81. The smallest absolute Gasteiger partial charge is 0.273 e. The van der Waals surface area contributed by atoms with Crippen LogP contribution in [0.25, 0.3) is 5.57 Å². The lowest BCUT2D eigenvalue weighted by Gasteiger charge is -2.31. The fraction of sp³-hybridized carbons (Fsp3) is 0.389. The van der Waals surface area contributed by atoms with Gasteiger partial charge in [0.05, 0.1) is 0 Å². The van der Waals surface area contributed by atoms with Crippen molar-refractivity contribution in [1.29, 1.82) is 0 Å². The van der Waals surface area contributed by atoms with E-state index in [1.165, 1.54) is 17.5 Å². The number of aliphatic imine (C=N–C) groups is 1. The summed E-state index contributed by atoms with van der Waals surface area (Å²) in [4.78, 5) is 23.7. The van der Waals surface area contributed by atoms with Gasteiger partial charge in [0.15, 0.2) is 5.82 Å². The largest absolute Gasteiger partial charge is 0.404 e. The van der Waals surface area contributed by atoms with Crippen LogP contribution < -0.4 is 11.1 Å². The molecule has 8 nitrogen and oxygen atoms in total. The Morgan fingerprint density at radius 1 is 1.52 bits per heavy atom. The van der Waals surface area contributed by atoms with E-state index in [2.05, 4.69) is 25.5 Å². The molecular formula is C18H23N7OS. The zero-order chi connectivity index (χ0) is 19.2. The molecule has 1 amide bonds. The summed E-state index contributed by atoms with van der Waals surface area (Å²) in [5.74, 6) is 0.424. The maximum atomic E-state index is 13.0. The molecule has 3 rings (SSSR count). The van der Waals surface area contributed by atoms with Crippen LogP contribution in [-0.4, -0.2) is 57.4 Å². The Hall–Kier alpha value is -2.65. The first-order valence-corrected chi connectivity index (χ1v) is 9.71. The fourth-order valence-corrected chi connectivity index (χ4v) is 3.79. The van der Waals surface area contributed by atoms with Crippen molar-refractivity contribution < 1.29 is 4.79 Å². The van der Waals surface area contributed by atoms with Crippen LogP contribution >= 0.6 is 11.3 Å². The SMILES string of the molecule is CC(C)N(C(=O)c1csc(/C(C=Nc2cccnn2)=C/N)n1)[C@@H]1CCNC1. The second-order valence-corrected chi connectivity index (χ2v) is 7.31. The van der Waals surface area contributed by atoms with Crippen LogP contribution in [0.2, 0.25) is 0 Å². The lowest BCUT2D eigenvalue weighted by molar-refractivity contribution is 0.0621. The van der Waals surface area contributed by atoms with Gasteiger partial charge >= 0.3 is 0 Å². The van der Waals surface area contributed by atoms with E-state index in [4.69, 9.17) is 5.73 Å². The highest BCUT2D eigenvalue weighted by Crippen LogP contribution is 2.22. The zero-order valence-corrected chi connectivity index (χ0v) is 16.2. The lowest BCUT2D eigenvalue weighted by atomic mass is 10.1. The molecule has 142 valence electrons. The number of rotatable bonds is 6. The third-order valence-electron chi connectivity index (χ3n) is 4.26.